The van der Waals surface area contributed by atoms with Crippen LogP contribution in [0.4, 0.5) is 5.82 Å². The molecule has 0 aromatic carbocycles. The molecule has 0 saturated carbocycles. The van der Waals surface area contributed by atoms with Gasteiger partial charge in [0.25, 0.3) is 0 Å². The average Bonchev–Trinajstić information content (AvgIpc) is 2.30. The number of aryl methyl sites for hydroxylation is 1. The lowest BCUT2D eigenvalue weighted by atomic mass is 10.0. The summed E-state index contributed by atoms with van der Waals surface area (Å²) < 4.78 is 0. The average molecular weight is 221 g/mol. The van der Waals surface area contributed by atoms with Crippen molar-refractivity contribution in [3.05, 3.63) is 23.4 Å². The van der Waals surface area contributed by atoms with Gasteiger partial charge in [-0.05, 0) is 38.8 Å². The number of aromatic nitrogens is 1. The van der Waals surface area contributed by atoms with Crippen molar-refractivity contribution in [1.82, 2.24) is 4.98 Å². The molecule has 0 radical (unpaired) electrons. The Bertz CT molecular complexity index is 332. The quantitative estimate of drug-likeness (QED) is 0.831. The summed E-state index contributed by atoms with van der Waals surface area (Å²) in [6.07, 6.45) is 0.952. The topological polar surface area (TPSA) is 42.1 Å². The van der Waals surface area contributed by atoms with Crippen LogP contribution in [0.1, 0.15) is 44.5 Å². The molecule has 2 N–H and O–H groups in total. The van der Waals surface area contributed by atoms with Crippen molar-refractivity contribution < 1.29 is 0 Å². The van der Waals surface area contributed by atoms with Crippen LogP contribution in [0.5, 0.6) is 0 Å². The summed E-state index contributed by atoms with van der Waals surface area (Å²) in [5, 5.41) is 0. The summed E-state index contributed by atoms with van der Waals surface area (Å²) in [4.78, 5) is 6.87. The molecular weight excluding hydrogens is 198 g/mol. The maximum atomic E-state index is 6.03. The van der Waals surface area contributed by atoms with Crippen molar-refractivity contribution in [1.29, 1.82) is 0 Å². The minimum absolute atomic E-state index is 0.109. The van der Waals surface area contributed by atoms with E-state index in [4.69, 9.17) is 5.73 Å². The largest absolute Gasteiger partial charge is 0.357 e. The molecule has 16 heavy (non-hydrogen) atoms. The van der Waals surface area contributed by atoms with Gasteiger partial charge in [-0.1, -0.05) is 13.0 Å². The highest BCUT2D eigenvalue weighted by molar-refractivity contribution is 5.42. The lowest BCUT2D eigenvalue weighted by molar-refractivity contribution is 0.687. The number of rotatable bonds is 5. The number of pyridine rings is 1. The van der Waals surface area contributed by atoms with Gasteiger partial charge >= 0.3 is 0 Å². The summed E-state index contributed by atoms with van der Waals surface area (Å²) in [6.45, 7) is 10.4. The Hall–Kier alpha value is -1.09. The predicted molar refractivity (Wildman–Crippen MR) is 69.8 cm³/mol. The van der Waals surface area contributed by atoms with E-state index in [-0.39, 0.29) is 6.04 Å². The van der Waals surface area contributed by atoms with Gasteiger partial charge in [0.05, 0.1) is 0 Å². The van der Waals surface area contributed by atoms with E-state index in [9.17, 15) is 0 Å². The molecular formula is C13H23N3. The molecule has 90 valence electrons. The SMILES string of the molecule is CC[C@@H](N)c1ccc(N(CC)CC)nc1C. The molecule has 1 heterocycles. The third-order valence-corrected chi connectivity index (χ3v) is 3.04. The van der Waals surface area contributed by atoms with Gasteiger partial charge in [0, 0.05) is 24.8 Å². The molecule has 3 heteroatoms. The summed E-state index contributed by atoms with van der Waals surface area (Å²) >= 11 is 0. The van der Waals surface area contributed by atoms with Gasteiger partial charge in [-0.2, -0.15) is 0 Å². The highest BCUT2D eigenvalue weighted by atomic mass is 15.2. The van der Waals surface area contributed by atoms with Crippen molar-refractivity contribution >= 4 is 5.82 Å². The van der Waals surface area contributed by atoms with Gasteiger partial charge in [-0.25, -0.2) is 4.98 Å². The molecule has 0 saturated heterocycles. The normalized spacial score (nSPS) is 12.6. The summed E-state index contributed by atoms with van der Waals surface area (Å²) in [7, 11) is 0. The van der Waals surface area contributed by atoms with Crippen LogP contribution in [0.3, 0.4) is 0 Å². The Balaban J connectivity index is 2.98. The minimum atomic E-state index is 0.109. The van der Waals surface area contributed by atoms with E-state index in [1.165, 1.54) is 5.56 Å². The first-order chi connectivity index (χ1) is 7.63. The zero-order valence-electron chi connectivity index (χ0n) is 10.8. The van der Waals surface area contributed by atoms with Crippen molar-refractivity contribution in [3.63, 3.8) is 0 Å². The van der Waals surface area contributed by atoms with Crippen molar-refractivity contribution in [3.8, 4) is 0 Å². The maximum absolute atomic E-state index is 6.03. The van der Waals surface area contributed by atoms with Crippen LogP contribution in [0, 0.1) is 6.92 Å². The van der Waals surface area contributed by atoms with Crippen LogP contribution >= 0.6 is 0 Å². The Morgan fingerprint density at radius 2 is 1.88 bits per heavy atom. The molecule has 1 aromatic rings. The Kier molecular flexibility index (Phi) is 4.74. The zero-order valence-corrected chi connectivity index (χ0v) is 10.8. The number of hydrogen-bond donors (Lipinski definition) is 1. The van der Waals surface area contributed by atoms with E-state index in [2.05, 4.69) is 42.8 Å². The minimum Gasteiger partial charge on any atom is -0.357 e. The fourth-order valence-electron chi connectivity index (χ4n) is 1.89. The third kappa shape index (κ3) is 2.73. The van der Waals surface area contributed by atoms with Crippen LogP contribution in [-0.4, -0.2) is 18.1 Å². The molecule has 1 atom stereocenters. The molecule has 0 unspecified atom stereocenters. The number of anilines is 1. The number of nitrogens with two attached hydrogens (primary N) is 1. The highest BCUT2D eigenvalue weighted by Crippen LogP contribution is 2.20. The maximum Gasteiger partial charge on any atom is 0.128 e. The fraction of sp³-hybridized carbons (Fsp3) is 0.615. The molecule has 1 rings (SSSR count). The van der Waals surface area contributed by atoms with Gasteiger partial charge in [-0.3, -0.25) is 0 Å². The standard InChI is InChI=1S/C13H23N3/c1-5-12(14)11-8-9-13(15-10(11)4)16(6-2)7-3/h8-9,12H,5-7,14H2,1-4H3/t12-/m1/s1. The van der Waals surface area contributed by atoms with E-state index in [0.717, 1.165) is 31.0 Å². The van der Waals surface area contributed by atoms with Crippen LogP contribution < -0.4 is 10.6 Å². The molecule has 3 nitrogen and oxygen atoms in total. The van der Waals surface area contributed by atoms with Crippen molar-refractivity contribution in [2.75, 3.05) is 18.0 Å². The Morgan fingerprint density at radius 3 is 2.31 bits per heavy atom. The number of hydrogen-bond acceptors (Lipinski definition) is 3. The van der Waals surface area contributed by atoms with Crippen LogP contribution in [0.15, 0.2) is 12.1 Å². The second kappa shape index (κ2) is 5.85. The lowest BCUT2D eigenvalue weighted by Crippen LogP contribution is -2.23. The van der Waals surface area contributed by atoms with Crippen LogP contribution in [0.2, 0.25) is 0 Å². The van der Waals surface area contributed by atoms with Crippen LogP contribution in [0.25, 0.3) is 0 Å². The van der Waals surface area contributed by atoms with Gasteiger partial charge in [0.15, 0.2) is 0 Å². The molecule has 0 aliphatic rings. The smallest absolute Gasteiger partial charge is 0.128 e. The summed E-state index contributed by atoms with van der Waals surface area (Å²) in [6, 6.07) is 4.30. The number of nitrogens with zero attached hydrogens (tertiary/aromatic N) is 2. The molecule has 0 amide bonds. The Morgan fingerprint density at radius 1 is 1.25 bits per heavy atom. The van der Waals surface area contributed by atoms with E-state index in [1.54, 1.807) is 0 Å². The van der Waals surface area contributed by atoms with E-state index in [1.807, 2.05) is 6.92 Å². The second-order valence-electron chi connectivity index (χ2n) is 4.03. The molecule has 0 aliphatic carbocycles. The predicted octanol–water partition coefficient (Wildman–Crippen LogP) is 2.65. The summed E-state index contributed by atoms with van der Waals surface area (Å²) in [5.41, 5.74) is 8.25. The molecule has 0 spiro atoms. The fourth-order valence-corrected chi connectivity index (χ4v) is 1.89. The lowest BCUT2D eigenvalue weighted by Gasteiger charge is -2.21. The van der Waals surface area contributed by atoms with E-state index >= 15 is 0 Å². The van der Waals surface area contributed by atoms with Gasteiger partial charge < -0.3 is 10.6 Å². The van der Waals surface area contributed by atoms with Crippen molar-refractivity contribution in [2.45, 2.75) is 40.2 Å². The Labute approximate surface area is 98.7 Å². The van der Waals surface area contributed by atoms with E-state index in [0.29, 0.717) is 0 Å². The zero-order chi connectivity index (χ0) is 12.1. The first-order valence-corrected chi connectivity index (χ1v) is 6.12. The molecule has 0 aliphatic heterocycles. The first kappa shape index (κ1) is 13.0. The highest BCUT2D eigenvalue weighted by Gasteiger charge is 2.10. The monoisotopic (exact) mass is 221 g/mol. The van der Waals surface area contributed by atoms with Crippen LogP contribution in [-0.2, 0) is 0 Å². The molecule has 1 aromatic heterocycles. The van der Waals surface area contributed by atoms with Crippen molar-refractivity contribution in [2.24, 2.45) is 5.73 Å². The third-order valence-electron chi connectivity index (χ3n) is 3.04. The summed E-state index contributed by atoms with van der Waals surface area (Å²) in [5.74, 6) is 1.05. The second-order valence-corrected chi connectivity index (χ2v) is 4.03. The molecule has 0 bridgehead atoms. The van der Waals surface area contributed by atoms with Gasteiger partial charge in [-0.15, -0.1) is 0 Å². The van der Waals surface area contributed by atoms with Gasteiger partial charge in [0.2, 0.25) is 0 Å². The van der Waals surface area contributed by atoms with Gasteiger partial charge in [0.1, 0.15) is 5.82 Å². The van der Waals surface area contributed by atoms with E-state index < -0.39 is 0 Å². The molecule has 0 fully saturated rings. The first-order valence-electron chi connectivity index (χ1n) is 6.12.